The van der Waals surface area contributed by atoms with Crippen molar-refractivity contribution in [3.05, 3.63) is 35.4 Å². The highest BCUT2D eigenvalue weighted by Crippen LogP contribution is 2.38. The lowest BCUT2D eigenvalue weighted by Gasteiger charge is -2.20. The van der Waals surface area contributed by atoms with Crippen LogP contribution >= 0.6 is 11.8 Å². The summed E-state index contributed by atoms with van der Waals surface area (Å²) in [6, 6.07) is 8.91. The average molecular weight is 264 g/mol. The third-order valence-electron chi connectivity index (χ3n) is 3.41. The van der Waals surface area contributed by atoms with E-state index in [4.69, 9.17) is 0 Å². The molecule has 0 heterocycles. The molecule has 0 fully saturated rings. The van der Waals surface area contributed by atoms with Crippen molar-refractivity contribution in [2.45, 2.75) is 17.7 Å². The van der Waals surface area contributed by atoms with Crippen LogP contribution in [0.15, 0.2) is 24.3 Å². The quantitative estimate of drug-likeness (QED) is 0.898. The number of amides is 1. The molecule has 0 saturated heterocycles. The fourth-order valence-electron chi connectivity index (χ4n) is 2.36. The van der Waals surface area contributed by atoms with Crippen LogP contribution in [0.3, 0.4) is 0 Å². The number of rotatable bonds is 4. The van der Waals surface area contributed by atoms with Gasteiger partial charge in [-0.15, -0.1) is 11.8 Å². The van der Waals surface area contributed by atoms with Crippen LogP contribution in [-0.4, -0.2) is 43.0 Å². The minimum atomic E-state index is 0.186. The highest BCUT2D eigenvalue weighted by atomic mass is 32.2. The lowest BCUT2D eigenvalue weighted by molar-refractivity contribution is -0.125. The standard InChI is InChI=1S/C14H20N2OS/c1-15-14-11-7-5-4-6-10(11)8-12(14)18-9-13(17)16(2)3/h4-7,12,14-15H,8-9H2,1-3H3. The Kier molecular flexibility index (Phi) is 4.30. The largest absolute Gasteiger partial charge is 0.348 e. The van der Waals surface area contributed by atoms with E-state index in [0.29, 0.717) is 17.0 Å². The Hall–Kier alpha value is -1.00. The molecule has 0 radical (unpaired) electrons. The zero-order valence-electron chi connectivity index (χ0n) is 11.1. The van der Waals surface area contributed by atoms with Crippen LogP contribution in [0, 0.1) is 0 Å². The summed E-state index contributed by atoms with van der Waals surface area (Å²) in [5, 5.41) is 3.83. The zero-order chi connectivity index (χ0) is 13.1. The number of carbonyl (C=O) groups is 1. The Labute approximate surface area is 113 Å². The van der Waals surface area contributed by atoms with Crippen molar-refractivity contribution in [1.29, 1.82) is 0 Å². The summed E-state index contributed by atoms with van der Waals surface area (Å²) in [6.07, 6.45) is 1.05. The molecule has 1 amide bonds. The number of nitrogens with one attached hydrogen (secondary N) is 1. The van der Waals surface area contributed by atoms with Crippen molar-refractivity contribution >= 4 is 17.7 Å². The highest BCUT2D eigenvalue weighted by molar-refractivity contribution is 8.00. The normalized spacial score (nSPS) is 21.7. The maximum Gasteiger partial charge on any atom is 0.232 e. The Morgan fingerprint density at radius 3 is 2.83 bits per heavy atom. The van der Waals surface area contributed by atoms with Crippen LogP contribution in [0.4, 0.5) is 0 Å². The molecule has 0 aromatic heterocycles. The van der Waals surface area contributed by atoms with E-state index < -0.39 is 0 Å². The number of hydrogen-bond donors (Lipinski definition) is 1. The van der Waals surface area contributed by atoms with Gasteiger partial charge in [0.15, 0.2) is 0 Å². The fraction of sp³-hybridized carbons (Fsp3) is 0.500. The molecule has 0 aliphatic heterocycles. The third kappa shape index (κ3) is 2.70. The van der Waals surface area contributed by atoms with Gasteiger partial charge in [-0.25, -0.2) is 0 Å². The van der Waals surface area contributed by atoms with Gasteiger partial charge in [0.2, 0.25) is 5.91 Å². The number of benzene rings is 1. The van der Waals surface area contributed by atoms with E-state index in [2.05, 4.69) is 29.6 Å². The second-order valence-electron chi connectivity index (χ2n) is 4.81. The summed E-state index contributed by atoms with van der Waals surface area (Å²) in [6.45, 7) is 0. The molecule has 0 bridgehead atoms. The predicted octanol–water partition coefficient (Wildman–Crippen LogP) is 1.69. The number of fused-ring (bicyclic) bond motifs is 1. The van der Waals surface area contributed by atoms with Gasteiger partial charge < -0.3 is 10.2 Å². The van der Waals surface area contributed by atoms with E-state index in [1.165, 1.54) is 11.1 Å². The maximum absolute atomic E-state index is 11.7. The smallest absolute Gasteiger partial charge is 0.232 e. The molecule has 2 unspecified atom stereocenters. The lowest BCUT2D eigenvalue weighted by atomic mass is 10.1. The van der Waals surface area contributed by atoms with Gasteiger partial charge in [0.1, 0.15) is 0 Å². The molecule has 3 nitrogen and oxygen atoms in total. The van der Waals surface area contributed by atoms with E-state index in [1.54, 1.807) is 16.7 Å². The van der Waals surface area contributed by atoms with Gasteiger partial charge in [-0.2, -0.15) is 0 Å². The molecular weight excluding hydrogens is 244 g/mol. The molecule has 1 aromatic rings. The number of hydrogen-bond acceptors (Lipinski definition) is 3. The minimum Gasteiger partial charge on any atom is -0.348 e. The van der Waals surface area contributed by atoms with E-state index >= 15 is 0 Å². The predicted molar refractivity (Wildman–Crippen MR) is 76.9 cm³/mol. The summed E-state index contributed by atoms with van der Waals surface area (Å²) in [5.41, 5.74) is 2.79. The number of carbonyl (C=O) groups excluding carboxylic acids is 1. The lowest BCUT2D eigenvalue weighted by Crippen LogP contribution is -2.28. The van der Waals surface area contributed by atoms with Gasteiger partial charge in [0, 0.05) is 25.4 Å². The zero-order valence-corrected chi connectivity index (χ0v) is 12.0. The van der Waals surface area contributed by atoms with E-state index in [-0.39, 0.29) is 5.91 Å². The van der Waals surface area contributed by atoms with Gasteiger partial charge in [-0.05, 0) is 24.6 Å². The first kappa shape index (κ1) is 13.4. The molecule has 98 valence electrons. The van der Waals surface area contributed by atoms with Gasteiger partial charge in [-0.1, -0.05) is 24.3 Å². The molecule has 1 N–H and O–H groups in total. The highest BCUT2D eigenvalue weighted by Gasteiger charge is 2.31. The summed E-state index contributed by atoms with van der Waals surface area (Å²) >= 11 is 1.76. The van der Waals surface area contributed by atoms with Crippen molar-refractivity contribution < 1.29 is 4.79 Å². The molecule has 1 aromatic carbocycles. The minimum absolute atomic E-state index is 0.186. The summed E-state index contributed by atoms with van der Waals surface area (Å²) in [4.78, 5) is 13.3. The number of thioether (sulfide) groups is 1. The van der Waals surface area contributed by atoms with Crippen molar-refractivity contribution in [2.75, 3.05) is 26.9 Å². The van der Waals surface area contributed by atoms with Gasteiger partial charge in [0.25, 0.3) is 0 Å². The molecule has 0 saturated carbocycles. The third-order valence-corrected chi connectivity index (χ3v) is 4.69. The van der Waals surface area contributed by atoms with Crippen LogP contribution in [0.5, 0.6) is 0 Å². The van der Waals surface area contributed by atoms with Crippen LogP contribution < -0.4 is 5.32 Å². The molecule has 18 heavy (non-hydrogen) atoms. The average Bonchev–Trinajstić information content (AvgIpc) is 2.73. The van der Waals surface area contributed by atoms with Crippen LogP contribution in [-0.2, 0) is 11.2 Å². The Morgan fingerprint density at radius 2 is 2.17 bits per heavy atom. The molecule has 0 spiro atoms. The number of nitrogens with zero attached hydrogens (tertiary/aromatic N) is 1. The first-order valence-electron chi connectivity index (χ1n) is 6.20. The van der Waals surface area contributed by atoms with E-state index in [0.717, 1.165) is 6.42 Å². The van der Waals surface area contributed by atoms with E-state index in [9.17, 15) is 4.79 Å². The van der Waals surface area contributed by atoms with Gasteiger partial charge in [0.05, 0.1) is 5.75 Å². The van der Waals surface area contributed by atoms with Crippen LogP contribution in [0.25, 0.3) is 0 Å². The Morgan fingerprint density at radius 1 is 1.44 bits per heavy atom. The van der Waals surface area contributed by atoms with Crippen molar-refractivity contribution in [3.8, 4) is 0 Å². The first-order valence-corrected chi connectivity index (χ1v) is 7.25. The molecule has 4 heteroatoms. The van der Waals surface area contributed by atoms with Crippen molar-refractivity contribution in [2.24, 2.45) is 0 Å². The summed E-state index contributed by atoms with van der Waals surface area (Å²) in [5.74, 6) is 0.745. The molecule has 2 rings (SSSR count). The van der Waals surface area contributed by atoms with Gasteiger partial charge in [-0.3, -0.25) is 4.79 Å². The van der Waals surface area contributed by atoms with Crippen molar-refractivity contribution in [3.63, 3.8) is 0 Å². The Bertz CT molecular complexity index is 434. The SMILES string of the molecule is CNC1c2ccccc2CC1SCC(=O)N(C)C. The Balaban J connectivity index is 2.02. The monoisotopic (exact) mass is 264 g/mol. The fourth-order valence-corrected chi connectivity index (χ4v) is 3.75. The molecule has 1 aliphatic carbocycles. The molecule has 1 aliphatic rings. The first-order chi connectivity index (χ1) is 8.63. The van der Waals surface area contributed by atoms with Crippen molar-refractivity contribution in [1.82, 2.24) is 10.2 Å². The summed E-state index contributed by atoms with van der Waals surface area (Å²) in [7, 11) is 5.61. The summed E-state index contributed by atoms with van der Waals surface area (Å²) < 4.78 is 0. The van der Waals surface area contributed by atoms with Gasteiger partial charge >= 0.3 is 0 Å². The van der Waals surface area contributed by atoms with Crippen LogP contribution in [0.1, 0.15) is 17.2 Å². The second-order valence-corrected chi connectivity index (χ2v) is 6.03. The van der Waals surface area contributed by atoms with Crippen LogP contribution in [0.2, 0.25) is 0 Å². The van der Waals surface area contributed by atoms with E-state index in [1.807, 2.05) is 21.1 Å². The topological polar surface area (TPSA) is 32.3 Å². The molecular formula is C14H20N2OS. The second kappa shape index (κ2) is 5.76. The molecule has 2 atom stereocenters. The maximum atomic E-state index is 11.7.